The number of anilines is 1. The maximum absolute atomic E-state index is 12.3. The van der Waals surface area contributed by atoms with Crippen LogP contribution in [0.5, 0.6) is 0 Å². The molecule has 8 nitrogen and oxygen atoms in total. The van der Waals surface area contributed by atoms with E-state index in [2.05, 4.69) is 49.2 Å². The van der Waals surface area contributed by atoms with E-state index in [-0.39, 0.29) is 17.7 Å². The lowest BCUT2D eigenvalue weighted by Crippen LogP contribution is -2.23. The number of nitrogens with zero attached hydrogens (tertiary/aromatic N) is 5. The highest BCUT2D eigenvalue weighted by Crippen LogP contribution is 2.26. The molecule has 1 atom stereocenters. The third kappa shape index (κ3) is 5.45. The fourth-order valence-corrected chi connectivity index (χ4v) is 3.83. The van der Waals surface area contributed by atoms with E-state index in [1.807, 2.05) is 32.3 Å². The van der Waals surface area contributed by atoms with Crippen LogP contribution in [0.2, 0.25) is 0 Å². The van der Waals surface area contributed by atoms with Gasteiger partial charge in [0.1, 0.15) is 5.76 Å². The molecule has 3 aromatic rings. The van der Waals surface area contributed by atoms with E-state index >= 15 is 0 Å². The number of rotatable bonds is 9. The first-order valence-electron chi connectivity index (χ1n) is 9.47. The second kappa shape index (κ2) is 9.71. The van der Waals surface area contributed by atoms with Gasteiger partial charge in [-0.2, -0.15) is 0 Å². The number of carbonyl (C=O) groups excluding carboxylic acids is 1. The standard InChI is InChI=1S/C20H26N6O2S/c1-5-16(25(3)4)19-22-23-20(26(19)12-15-9-7-6-8-10-15)29-13-18(27)21-17-11-14(2)28-24-17/h6-11,16H,5,12-13H2,1-4H3,(H,21,24,27)/t16-/m0/s1. The predicted molar refractivity (Wildman–Crippen MR) is 113 cm³/mol. The molecule has 1 amide bonds. The van der Waals surface area contributed by atoms with Gasteiger partial charge in [-0.3, -0.25) is 9.69 Å². The van der Waals surface area contributed by atoms with Crippen LogP contribution in [-0.4, -0.2) is 50.6 Å². The van der Waals surface area contributed by atoms with Gasteiger partial charge < -0.3 is 14.4 Å². The van der Waals surface area contributed by atoms with Gasteiger partial charge in [-0.15, -0.1) is 10.2 Å². The van der Waals surface area contributed by atoms with Crippen molar-refractivity contribution in [1.29, 1.82) is 0 Å². The van der Waals surface area contributed by atoms with E-state index in [0.29, 0.717) is 18.1 Å². The Morgan fingerprint density at radius 2 is 2.03 bits per heavy atom. The molecule has 0 spiro atoms. The number of thioether (sulfide) groups is 1. The summed E-state index contributed by atoms with van der Waals surface area (Å²) in [4.78, 5) is 14.4. The Morgan fingerprint density at radius 3 is 2.66 bits per heavy atom. The SMILES string of the molecule is CC[C@@H](c1nnc(SCC(=O)Nc2cc(C)on2)n1Cc1ccccc1)N(C)C. The summed E-state index contributed by atoms with van der Waals surface area (Å²) in [5, 5.41) is 16.1. The Labute approximate surface area is 174 Å². The van der Waals surface area contributed by atoms with Crippen LogP contribution in [0, 0.1) is 6.92 Å². The van der Waals surface area contributed by atoms with Gasteiger partial charge in [0.05, 0.1) is 18.3 Å². The lowest BCUT2D eigenvalue weighted by molar-refractivity contribution is -0.113. The van der Waals surface area contributed by atoms with Gasteiger partial charge >= 0.3 is 0 Å². The van der Waals surface area contributed by atoms with Crippen LogP contribution in [0.4, 0.5) is 5.82 Å². The number of aryl methyl sites for hydroxylation is 1. The summed E-state index contributed by atoms with van der Waals surface area (Å²) in [7, 11) is 4.08. The van der Waals surface area contributed by atoms with E-state index in [0.717, 1.165) is 23.0 Å². The molecule has 1 aromatic carbocycles. The monoisotopic (exact) mass is 414 g/mol. The minimum atomic E-state index is -0.168. The zero-order valence-electron chi connectivity index (χ0n) is 17.1. The van der Waals surface area contributed by atoms with E-state index < -0.39 is 0 Å². The maximum atomic E-state index is 12.3. The zero-order valence-corrected chi connectivity index (χ0v) is 17.9. The fourth-order valence-electron chi connectivity index (χ4n) is 3.08. The van der Waals surface area contributed by atoms with Crippen molar-refractivity contribution in [3.8, 4) is 0 Å². The molecule has 0 aliphatic heterocycles. The van der Waals surface area contributed by atoms with Gasteiger partial charge in [-0.1, -0.05) is 54.2 Å². The van der Waals surface area contributed by atoms with Gasteiger partial charge in [0.15, 0.2) is 16.8 Å². The molecule has 3 rings (SSSR count). The normalized spacial score (nSPS) is 12.3. The van der Waals surface area contributed by atoms with E-state index in [1.165, 1.54) is 11.8 Å². The Morgan fingerprint density at radius 1 is 1.28 bits per heavy atom. The quantitative estimate of drug-likeness (QED) is 0.537. The van der Waals surface area contributed by atoms with Crippen molar-refractivity contribution >= 4 is 23.5 Å². The van der Waals surface area contributed by atoms with E-state index in [9.17, 15) is 4.79 Å². The highest BCUT2D eigenvalue weighted by molar-refractivity contribution is 7.99. The molecular formula is C20H26N6O2S. The first-order valence-corrected chi connectivity index (χ1v) is 10.5. The van der Waals surface area contributed by atoms with Crippen molar-refractivity contribution in [2.75, 3.05) is 25.2 Å². The van der Waals surface area contributed by atoms with Crippen molar-refractivity contribution < 1.29 is 9.32 Å². The molecule has 0 radical (unpaired) electrons. The average molecular weight is 415 g/mol. The van der Waals surface area contributed by atoms with Crippen LogP contribution in [-0.2, 0) is 11.3 Å². The largest absolute Gasteiger partial charge is 0.360 e. The van der Waals surface area contributed by atoms with Gasteiger partial charge in [-0.05, 0) is 33.0 Å². The summed E-state index contributed by atoms with van der Waals surface area (Å²) < 4.78 is 7.07. The molecule has 154 valence electrons. The molecule has 29 heavy (non-hydrogen) atoms. The molecule has 0 aliphatic rings. The van der Waals surface area contributed by atoms with Crippen LogP contribution in [0.1, 0.15) is 36.5 Å². The summed E-state index contributed by atoms with van der Waals surface area (Å²) in [6.07, 6.45) is 0.913. The van der Waals surface area contributed by atoms with Crippen molar-refractivity contribution in [3.05, 3.63) is 53.5 Å². The van der Waals surface area contributed by atoms with Crippen molar-refractivity contribution in [2.45, 2.75) is 38.0 Å². The number of hydrogen-bond acceptors (Lipinski definition) is 7. The van der Waals surface area contributed by atoms with Gasteiger partial charge in [0.25, 0.3) is 0 Å². The molecule has 2 heterocycles. The molecule has 0 aliphatic carbocycles. The molecule has 2 aromatic heterocycles. The number of aromatic nitrogens is 4. The molecule has 9 heteroatoms. The highest BCUT2D eigenvalue weighted by Gasteiger charge is 2.22. The number of nitrogens with one attached hydrogen (secondary N) is 1. The smallest absolute Gasteiger partial charge is 0.236 e. The molecule has 0 unspecified atom stereocenters. The zero-order chi connectivity index (χ0) is 20.8. The number of carbonyl (C=O) groups is 1. The number of amides is 1. The number of benzene rings is 1. The molecular weight excluding hydrogens is 388 g/mol. The van der Waals surface area contributed by atoms with Gasteiger partial charge in [0.2, 0.25) is 5.91 Å². The third-order valence-electron chi connectivity index (χ3n) is 4.46. The molecule has 0 bridgehead atoms. The first-order chi connectivity index (χ1) is 14.0. The van der Waals surface area contributed by atoms with Gasteiger partial charge in [-0.25, -0.2) is 0 Å². The lowest BCUT2D eigenvalue weighted by atomic mass is 10.2. The van der Waals surface area contributed by atoms with Crippen molar-refractivity contribution in [2.24, 2.45) is 0 Å². The third-order valence-corrected chi connectivity index (χ3v) is 5.43. The molecule has 0 saturated carbocycles. The Kier molecular flexibility index (Phi) is 7.05. The first kappa shape index (κ1) is 21.1. The van der Waals surface area contributed by atoms with Crippen LogP contribution in [0.15, 0.2) is 46.1 Å². The van der Waals surface area contributed by atoms with Gasteiger partial charge in [0, 0.05) is 6.07 Å². The van der Waals surface area contributed by atoms with Crippen LogP contribution < -0.4 is 5.32 Å². The summed E-state index contributed by atoms with van der Waals surface area (Å²) in [6, 6.07) is 12.0. The lowest BCUT2D eigenvalue weighted by Gasteiger charge is -2.23. The summed E-state index contributed by atoms with van der Waals surface area (Å²) in [5.74, 6) is 2.00. The van der Waals surface area contributed by atoms with Crippen molar-refractivity contribution in [1.82, 2.24) is 24.8 Å². The Bertz CT molecular complexity index is 938. The van der Waals surface area contributed by atoms with Crippen LogP contribution in [0.25, 0.3) is 0 Å². The summed E-state index contributed by atoms with van der Waals surface area (Å²) >= 11 is 1.36. The summed E-state index contributed by atoms with van der Waals surface area (Å²) in [6.45, 7) is 4.56. The average Bonchev–Trinajstić information content (AvgIpc) is 3.28. The molecule has 1 N–H and O–H groups in total. The van der Waals surface area contributed by atoms with Crippen molar-refractivity contribution in [3.63, 3.8) is 0 Å². The molecule has 0 saturated heterocycles. The maximum Gasteiger partial charge on any atom is 0.236 e. The van der Waals surface area contributed by atoms with Crippen LogP contribution >= 0.6 is 11.8 Å². The highest BCUT2D eigenvalue weighted by atomic mass is 32.2. The second-order valence-electron chi connectivity index (χ2n) is 6.96. The van der Waals surface area contributed by atoms with E-state index in [1.54, 1.807) is 13.0 Å². The number of hydrogen-bond donors (Lipinski definition) is 1. The second-order valence-corrected chi connectivity index (χ2v) is 7.90. The topological polar surface area (TPSA) is 89.1 Å². The van der Waals surface area contributed by atoms with E-state index in [4.69, 9.17) is 4.52 Å². The minimum Gasteiger partial charge on any atom is -0.360 e. The Balaban J connectivity index is 1.77. The Hall–Kier alpha value is -2.65. The summed E-state index contributed by atoms with van der Waals surface area (Å²) in [5.41, 5.74) is 1.16. The predicted octanol–water partition coefficient (Wildman–Crippen LogP) is 3.37. The molecule has 0 fully saturated rings. The minimum absolute atomic E-state index is 0.146. The van der Waals surface area contributed by atoms with Crippen LogP contribution in [0.3, 0.4) is 0 Å². The fraction of sp³-hybridized carbons (Fsp3) is 0.400.